The molecule has 0 radical (unpaired) electrons. The van der Waals surface area contributed by atoms with Crippen molar-refractivity contribution in [1.82, 2.24) is 0 Å². The zero-order valence-corrected chi connectivity index (χ0v) is 14.9. The SMILES string of the molecule is COc1cc(C(=O)Oc2cc(C)cc(C)c2C)cc(OC)c1OC. The summed E-state index contributed by atoms with van der Waals surface area (Å²) in [6.07, 6.45) is 0. The lowest BCUT2D eigenvalue weighted by atomic mass is 10.1. The zero-order valence-electron chi connectivity index (χ0n) is 14.9. The molecule has 0 N–H and O–H groups in total. The fraction of sp³-hybridized carbons (Fsp3) is 0.316. The number of esters is 1. The van der Waals surface area contributed by atoms with E-state index in [1.54, 1.807) is 12.1 Å². The van der Waals surface area contributed by atoms with Crippen molar-refractivity contribution in [3.8, 4) is 23.0 Å². The van der Waals surface area contributed by atoms with Crippen molar-refractivity contribution in [1.29, 1.82) is 0 Å². The predicted octanol–water partition coefficient (Wildman–Crippen LogP) is 3.86. The van der Waals surface area contributed by atoms with Gasteiger partial charge in [0.1, 0.15) is 5.75 Å². The van der Waals surface area contributed by atoms with Gasteiger partial charge in [0.15, 0.2) is 11.5 Å². The van der Waals surface area contributed by atoms with Gasteiger partial charge in [0, 0.05) is 0 Å². The molecule has 5 heteroatoms. The summed E-state index contributed by atoms with van der Waals surface area (Å²) in [4.78, 5) is 12.6. The molecule has 5 nitrogen and oxygen atoms in total. The Hall–Kier alpha value is -2.69. The molecule has 0 unspecified atom stereocenters. The van der Waals surface area contributed by atoms with Gasteiger partial charge in [-0.15, -0.1) is 0 Å². The molecule has 0 fully saturated rings. The number of methoxy groups -OCH3 is 3. The molecule has 0 saturated carbocycles. The van der Waals surface area contributed by atoms with Crippen LogP contribution >= 0.6 is 0 Å². The van der Waals surface area contributed by atoms with Crippen molar-refractivity contribution in [3.63, 3.8) is 0 Å². The minimum atomic E-state index is -0.484. The standard InChI is InChI=1S/C19H22O5/c1-11-7-12(2)13(3)15(8-11)24-19(20)14-9-16(21-4)18(23-6)17(10-14)22-5/h7-10H,1-6H3. The van der Waals surface area contributed by atoms with Crippen molar-refractivity contribution in [3.05, 3.63) is 46.5 Å². The fourth-order valence-electron chi connectivity index (χ4n) is 2.46. The van der Waals surface area contributed by atoms with Crippen LogP contribution in [0.5, 0.6) is 23.0 Å². The van der Waals surface area contributed by atoms with Crippen LogP contribution in [-0.4, -0.2) is 27.3 Å². The van der Waals surface area contributed by atoms with Gasteiger partial charge in [0.25, 0.3) is 0 Å². The number of aryl methyl sites for hydroxylation is 2. The molecule has 0 bridgehead atoms. The molecule has 0 aromatic heterocycles. The third kappa shape index (κ3) is 3.45. The van der Waals surface area contributed by atoms with Gasteiger partial charge in [0.2, 0.25) is 5.75 Å². The number of hydrogen-bond donors (Lipinski definition) is 0. The van der Waals surface area contributed by atoms with Crippen LogP contribution in [0.25, 0.3) is 0 Å². The Bertz CT molecular complexity index is 740. The quantitative estimate of drug-likeness (QED) is 0.615. The maximum Gasteiger partial charge on any atom is 0.343 e. The van der Waals surface area contributed by atoms with E-state index in [0.29, 0.717) is 28.6 Å². The van der Waals surface area contributed by atoms with E-state index in [0.717, 1.165) is 16.7 Å². The first-order valence-electron chi connectivity index (χ1n) is 7.51. The highest BCUT2D eigenvalue weighted by Crippen LogP contribution is 2.38. The maximum absolute atomic E-state index is 12.6. The van der Waals surface area contributed by atoms with Crippen molar-refractivity contribution in [2.45, 2.75) is 20.8 Å². The number of rotatable bonds is 5. The van der Waals surface area contributed by atoms with E-state index in [-0.39, 0.29) is 0 Å². The second-order valence-corrected chi connectivity index (χ2v) is 5.51. The van der Waals surface area contributed by atoms with Crippen LogP contribution in [0.15, 0.2) is 24.3 Å². The van der Waals surface area contributed by atoms with Crippen LogP contribution in [0.4, 0.5) is 0 Å². The predicted molar refractivity (Wildman–Crippen MR) is 91.7 cm³/mol. The van der Waals surface area contributed by atoms with Crippen molar-refractivity contribution >= 4 is 5.97 Å². The fourth-order valence-corrected chi connectivity index (χ4v) is 2.46. The summed E-state index contributed by atoms with van der Waals surface area (Å²) in [5.74, 6) is 1.30. The lowest BCUT2D eigenvalue weighted by Gasteiger charge is -2.15. The van der Waals surface area contributed by atoms with E-state index in [1.165, 1.54) is 21.3 Å². The number of benzene rings is 2. The Morgan fingerprint density at radius 2 is 1.38 bits per heavy atom. The summed E-state index contributed by atoms with van der Waals surface area (Å²) in [7, 11) is 4.51. The normalized spacial score (nSPS) is 10.2. The molecule has 2 rings (SSSR count). The highest BCUT2D eigenvalue weighted by atomic mass is 16.5. The molecule has 0 aliphatic heterocycles. The zero-order chi connectivity index (χ0) is 17.9. The van der Waals surface area contributed by atoms with Crippen LogP contribution in [0.1, 0.15) is 27.0 Å². The Morgan fingerprint density at radius 1 is 0.792 bits per heavy atom. The molecule has 0 atom stereocenters. The van der Waals surface area contributed by atoms with Crippen molar-refractivity contribution < 1.29 is 23.7 Å². The minimum Gasteiger partial charge on any atom is -0.493 e. The molecular weight excluding hydrogens is 308 g/mol. The van der Waals surface area contributed by atoms with Gasteiger partial charge in [-0.05, 0) is 55.7 Å². The third-order valence-corrected chi connectivity index (χ3v) is 3.87. The van der Waals surface area contributed by atoms with Crippen molar-refractivity contribution in [2.75, 3.05) is 21.3 Å². The summed E-state index contributed by atoms with van der Waals surface area (Å²) in [5.41, 5.74) is 3.36. The molecule has 0 amide bonds. The summed E-state index contributed by atoms with van der Waals surface area (Å²) in [6, 6.07) is 7.04. The Kier molecular flexibility index (Phi) is 5.34. The van der Waals surface area contributed by atoms with Crippen LogP contribution in [-0.2, 0) is 0 Å². The first kappa shape index (κ1) is 17.7. The lowest BCUT2D eigenvalue weighted by molar-refractivity contribution is 0.0732. The van der Waals surface area contributed by atoms with Crippen LogP contribution < -0.4 is 18.9 Å². The molecule has 2 aromatic carbocycles. The van der Waals surface area contributed by atoms with E-state index >= 15 is 0 Å². The number of hydrogen-bond acceptors (Lipinski definition) is 5. The van der Waals surface area contributed by atoms with Crippen LogP contribution in [0.3, 0.4) is 0 Å². The average Bonchev–Trinajstić information content (AvgIpc) is 2.57. The smallest absolute Gasteiger partial charge is 0.343 e. The summed E-state index contributed by atoms with van der Waals surface area (Å²) in [5, 5.41) is 0. The topological polar surface area (TPSA) is 54.0 Å². The molecule has 2 aromatic rings. The monoisotopic (exact) mass is 330 g/mol. The third-order valence-electron chi connectivity index (χ3n) is 3.87. The van der Waals surface area contributed by atoms with Gasteiger partial charge in [-0.3, -0.25) is 0 Å². The summed E-state index contributed by atoms with van der Waals surface area (Å²) in [6.45, 7) is 5.87. The molecule has 24 heavy (non-hydrogen) atoms. The van der Waals surface area contributed by atoms with Crippen molar-refractivity contribution in [2.24, 2.45) is 0 Å². The number of ether oxygens (including phenoxy) is 4. The maximum atomic E-state index is 12.6. The molecule has 0 heterocycles. The highest BCUT2D eigenvalue weighted by Gasteiger charge is 2.19. The van der Waals surface area contributed by atoms with E-state index in [2.05, 4.69) is 0 Å². The molecule has 128 valence electrons. The molecule has 0 saturated heterocycles. The second kappa shape index (κ2) is 7.25. The Morgan fingerprint density at radius 3 is 1.88 bits per heavy atom. The van der Waals surface area contributed by atoms with E-state index in [1.807, 2.05) is 32.9 Å². The van der Waals surface area contributed by atoms with Gasteiger partial charge in [-0.25, -0.2) is 4.79 Å². The summed E-state index contributed by atoms with van der Waals surface area (Å²) < 4.78 is 21.4. The average molecular weight is 330 g/mol. The van der Waals surface area contributed by atoms with E-state index in [9.17, 15) is 4.79 Å². The van der Waals surface area contributed by atoms with E-state index in [4.69, 9.17) is 18.9 Å². The molecular formula is C19H22O5. The Balaban J connectivity index is 2.40. The Labute approximate surface area is 142 Å². The van der Waals surface area contributed by atoms with E-state index < -0.39 is 5.97 Å². The first-order valence-corrected chi connectivity index (χ1v) is 7.51. The largest absolute Gasteiger partial charge is 0.493 e. The van der Waals surface area contributed by atoms with Gasteiger partial charge in [0.05, 0.1) is 26.9 Å². The van der Waals surface area contributed by atoms with Crippen LogP contribution in [0, 0.1) is 20.8 Å². The number of carbonyl (C=O) groups is 1. The van der Waals surface area contributed by atoms with Crippen LogP contribution in [0.2, 0.25) is 0 Å². The van der Waals surface area contributed by atoms with Gasteiger partial charge >= 0.3 is 5.97 Å². The lowest BCUT2D eigenvalue weighted by Crippen LogP contribution is -2.11. The number of carbonyl (C=O) groups excluding carboxylic acids is 1. The highest BCUT2D eigenvalue weighted by molar-refractivity contribution is 5.93. The summed E-state index contributed by atoms with van der Waals surface area (Å²) >= 11 is 0. The van der Waals surface area contributed by atoms with Gasteiger partial charge < -0.3 is 18.9 Å². The molecule has 0 spiro atoms. The molecule has 0 aliphatic rings. The molecule has 0 aliphatic carbocycles. The second-order valence-electron chi connectivity index (χ2n) is 5.51. The van der Waals surface area contributed by atoms with Gasteiger partial charge in [-0.2, -0.15) is 0 Å². The minimum absolute atomic E-state index is 0.322. The first-order chi connectivity index (χ1) is 11.4. The van der Waals surface area contributed by atoms with Gasteiger partial charge in [-0.1, -0.05) is 6.07 Å².